The molecular weight excluding hydrogens is 288 g/mol. The third kappa shape index (κ3) is 5.03. The first kappa shape index (κ1) is 15.9. The second-order valence-electron chi connectivity index (χ2n) is 6.04. The summed E-state index contributed by atoms with van der Waals surface area (Å²) in [6, 6.07) is 12.0. The van der Waals surface area contributed by atoms with E-state index in [9.17, 15) is 0 Å². The molecule has 1 aliphatic heterocycles. The summed E-state index contributed by atoms with van der Waals surface area (Å²) in [6.07, 6.45) is 6.85. The van der Waals surface area contributed by atoms with E-state index in [2.05, 4.69) is 16.3 Å². The number of para-hydroxylation sites is 1. The average Bonchev–Trinajstić information content (AvgIpc) is 3.12. The summed E-state index contributed by atoms with van der Waals surface area (Å²) in [5.41, 5.74) is 1.15. The van der Waals surface area contributed by atoms with Gasteiger partial charge in [-0.3, -0.25) is 0 Å². The maximum atomic E-state index is 6.00. The summed E-state index contributed by atoms with van der Waals surface area (Å²) < 4.78 is 11.3. The molecule has 2 heterocycles. The van der Waals surface area contributed by atoms with Crippen LogP contribution in [0.2, 0.25) is 0 Å². The molecule has 1 aliphatic rings. The Kier molecular flexibility index (Phi) is 5.98. The Morgan fingerprint density at radius 2 is 1.91 bits per heavy atom. The first-order chi connectivity index (χ1) is 11.4. The highest BCUT2D eigenvalue weighted by Gasteiger charge is 2.09. The molecule has 0 saturated carbocycles. The monoisotopic (exact) mass is 314 g/mol. The summed E-state index contributed by atoms with van der Waals surface area (Å²) in [6.45, 7) is 5.13. The van der Waals surface area contributed by atoms with E-state index in [-0.39, 0.29) is 0 Å². The van der Waals surface area contributed by atoms with Crippen molar-refractivity contribution in [2.75, 3.05) is 31.6 Å². The molecule has 1 fully saturated rings. The van der Waals surface area contributed by atoms with Crippen LogP contribution >= 0.6 is 0 Å². The fourth-order valence-corrected chi connectivity index (χ4v) is 3.01. The molecule has 0 bridgehead atoms. The molecule has 0 radical (unpaired) electrons. The van der Waals surface area contributed by atoms with Gasteiger partial charge in [0.2, 0.25) is 0 Å². The van der Waals surface area contributed by atoms with Crippen molar-refractivity contribution >= 4 is 5.88 Å². The topological polar surface area (TPSA) is 37.6 Å². The van der Waals surface area contributed by atoms with E-state index in [1.165, 1.54) is 32.4 Å². The molecular formula is C19H26N2O2. The summed E-state index contributed by atoms with van der Waals surface area (Å²) in [4.78, 5) is 2.55. The Labute approximate surface area is 138 Å². The molecule has 0 unspecified atom stereocenters. The Hall–Kier alpha value is -1.94. The number of likely N-dealkylation sites (tertiary alicyclic amines) is 1. The van der Waals surface area contributed by atoms with Crippen LogP contribution in [-0.2, 0) is 6.54 Å². The molecule has 0 spiro atoms. The molecule has 0 aliphatic carbocycles. The summed E-state index contributed by atoms with van der Waals surface area (Å²) in [5, 5.41) is 3.27. The van der Waals surface area contributed by atoms with Gasteiger partial charge >= 0.3 is 0 Å². The number of ether oxygens (including phenoxy) is 1. The van der Waals surface area contributed by atoms with Gasteiger partial charge in [-0.15, -0.1) is 0 Å². The molecule has 4 heteroatoms. The van der Waals surface area contributed by atoms with E-state index in [0.29, 0.717) is 6.54 Å². The van der Waals surface area contributed by atoms with E-state index in [0.717, 1.165) is 36.8 Å². The van der Waals surface area contributed by atoms with Crippen molar-refractivity contribution in [2.45, 2.75) is 32.2 Å². The van der Waals surface area contributed by atoms with Gasteiger partial charge in [0.25, 0.3) is 0 Å². The smallest absolute Gasteiger partial charge is 0.192 e. The molecule has 1 aromatic carbocycles. The molecule has 3 rings (SSSR count). The predicted molar refractivity (Wildman–Crippen MR) is 92.9 cm³/mol. The van der Waals surface area contributed by atoms with Crippen molar-refractivity contribution in [3.05, 3.63) is 48.2 Å². The second kappa shape index (κ2) is 8.63. The molecule has 1 aromatic heterocycles. The minimum Gasteiger partial charge on any atom is -0.493 e. The lowest BCUT2D eigenvalue weighted by atomic mass is 10.1. The van der Waals surface area contributed by atoms with Gasteiger partial charge in [0.1, 0.15) is 5.75 Å². The van der Waals surface area contributed by atoms with Crippen LogP contribution in [0.1, 0.15) is 31.2 Å². The first-order valence-electron chi connectivity index (χ1n) is 8.62. The quantitative estimate of drug-likeness (QED) is 0.743. The Morgan fingerprint density at radius 3 is 2.74 bits per heavy atom. The normalized spacial score (nSPS) is 15.5. The zero-order valence-corrected chi connectivity index (χ0v) is 13.7. The highest BCUT2D eigenvalue weighted by atomic mass is 16.5. The van der Waals surface area contributed by atoms with Crippen LogP contribution in [-0.4, -0.2) is 31.1 Å². The number of piperidine rings is 1. The van der Waals surface area contributed by atoms with Crippen LogP contribution in [0.3, 0.4) is 0 Å². The highest BCUT2D eigenvalue weighted by Crippen LogP contribution is 2.20. The van der Waals surface area contributed by atoms with Crippen LogP contribution in [0, 0.1) is 0 Å². The van der Waals surface area contributed by atoms with Gasteiger partial charge in [0.15, 0.2) is 5.88 Å². The number of hydrogen-bond donors (Lipinski definition) is 1. The average molecular weight is 314 g/mol. The molecule has 23 heavy (non-hydrogen) atoms. The standard InChI is InChI=1S/C19H26N2O2/c1-4-11-21(12-5-1)13-7-15-22-18-9-3-2-8-17(18)16-20-19-10-6-14-23-19/h2-3,6,8-10,14,20H,1,4-5,7,11-13,15-16H2. The van der Waals surface area contributed by atoms with Gasteiger partial charge in [-0.2, -0.15) is 0 Å². The van der Waals surface area contributed by atoms with Crippen LogP contribution in [0.25, 0.3) is 0 Å². The number of benzene rings is 1. The SMILES string of the molecule is c1coc(NCc2ccccc2OCCCN2CCCCC2)c1. The van der Waals surface area contributed by atoms with Crippen molar-refractivity contribution in [3.63, 3.8) is 0 Å². The maximum absolute atomic E-state index is 6.00. The largest absolute Gasteiger partial charge is 0.493 e. The van der Waals surface area contributed by atoms with Crippen LogP contribution < -0.4 is 10.1 Å². The van der Waals surface area contributed by atoms with Crippen molar-refractivity contribution < 1.29 is 9.15 Å². The number of furan rings is 1. The van der Waals surface area contributed by atoms with Gasteiger partial charge < -0.3 is 19.4 Å². The number of nitrogens with zero attached hydrogens (tertiary/aromatic N) is 1. The number of anilines is 1. The molecule has 0 atom stereocenters. The highest BCUT2D eigenvalue weighted by molar-refractivity contribution is 5.38. The van der Waals surface area contributed by atoms with Crippen LogP contribution in [0.15, 0.2) is 47.1 Å². The maximum Gasteiger partial charge on any atom is 0.192 e. The Morgan fingerprint density at radius 1 is 1.04 bits per heavy atom. The van der Waals surface area contributed by atoms with E-state index < -0.39 is 0 Å². The third-order valence-corrected chi connectivity index (χ3v) is 4.27. The van der Waals surface area contributed by atoms with Gasteiger partial charge in [0, 0.05) is 24.7 Å². The van der Waals surface area contributed by atoms with Gasteiger partial charge in [0.05, 0.1) is 12.9 Å². The predicted octanol–water partition coefficient (Wildman–Crippen LogP) is 4.15. The second-order valence-corrected chi connectivity index (χ2v) is 6.04. The van der Waals surface area contributed by atoms with E-state index in [1.807, 2.05) is 30.3 Å². The zero-order chi connectivity index (χ0) is 15.7. The van der Waals surface area contributed by atoms with Crippen molar-refractivity contribution in [1.29, 1.82) is 0 Å². The molecule has 1 saturated heterocycles. The fraction of sp³-hybridized carbons (Fsp3) is 0.474. The summed E-state index contributed by atoms with van der Waals surface area (Å²) >= 11 is 0. The molecule has 4 nitrogen and oxygen atoms in total. The number of hydrogen-bond acceptors (Lipinski definition) is 4. The molecule has 0 amide bonds. The number of rotatable bonds is 8. The lowest BCUT2D eigenvalue weighted by Gasteiger charge is -2.26. The number of nitrogens with one attached hydrogen (secondary N) is 1. The summed E-state index contributed by atoms with van der Waals surface area (Å²) in [7, 11) is 0. The Bertz CT molecular complexity index is 563. The van der Waals surface area contributed by atoms with Crippen LogP contribution in [0.5, 0.6) is 5.75 Å². The van der Waals surface area contributed by atoms with Gasteiger partial charge in [-0.25, -0.2) is 0 Å². The molecule has 2 aromatic rings. The summed E-state index contributed by atoms with van der Waals surface area (Å²) in [5.74, 6) is 1.75. The Balaban J connectivity index is 1.43. The van der Waals surface area contributed by atoms with E-state index >= 15 is 0 Å². The first-order valence-corrected chi connectivity index (χ1v) is 8.62. The van der Waals surface area contributed by atoms with Gasteiger partial charge in [-0.05, 0) is 44.5 Å². The van der Waals surface area contributed by atoms with Crippen molar-refractivity contribution in [2.24, 2.45) is 0 Å². The van der Waals surface area contributed by atoms with E-state index in [1.54, 1.807) is 6.26 Å². The van der Waals surface area contributed by atoms with Gasteiger partial charge in [-0.1, -0.05) is 24.6 Å². The lowest BCUT2D eigenvalue weighted by Crippen LogP contribution is -2.31. The molecule has 1 N–H and O–H groups in total. The molecule has 124 valence electrons. The zero-order valence-electron chi connectivity index (χ0n) is 13.7. The fourth-order valence-electron chi connectivity index (χ4n) is 3.01. The van der Waals surface area contributed by atoms with Crippen molar-refractivity contribution in [1.82, 2.24) is 4.90 Å². The lowest BCUT2D eigenvalue weighted by molar-refractivity contribution is 0.204. The van der Waals surface area contributed by atoms with E-state index in [4.69, 9.17) is 9.15 Å². The van der Waals surface area contributed by atoms with Crippen molar-refractivity contribution in [3.8, 4) is 5.75 Å². The van der Waals surface area contributed by atoms with Crippen LogP contribution in [0.4, 0.5) is 5.88 Å². The third-order valence-electron chi connectivity index (χ3n) is 4.27. The minimum absolute atomic E-state index is 0.704. The minimum atomic E-state index is 0.704.